The average Bonchev–Trinajstić information content (AvgIpc) is 3.24. The summed E-state index contributed by atoms with van der Waals surface area (Å²) in [6.45, 7) is 10.0. The number of carbonyl (C=O) groups is 1. The number of hydrogen-bond acceptors (Lipinski definition) is 6. The van der Waals surface area contributed by atoms with Crippen LogP contribution in [0.25, 0.3) is 5.57 Å². The zero-order chi connectivity index (χ0) is 23.4. The van der Waals surface area contributed by atoms with E-state index in [1.54, 1.807) is 7.11 Å². The number of aromatic nitrogens is 3. The van der Waals surface area contributed by atoms with Gasteiger partial charge in [-0.15, -0.1) is 0 Å². The fraction of sp³-hybridized carbons (Fsp3) is 0.500. The molecule has 32 heavy (non-hydrogen) atoms. The number of allylic oxidation sites excluding steroid dienone is 2. The van der Waals surface area contributed by atoms with Crippen LogP contribution in [0.2, 0.25) is 0 Å². The van der Waals surface area contributed by atoms with Gasteiger partial charge in [0.1, 0.15) is 11.8 Å². The van der Waals surface area contributed by atoms with E-state index in [1.807, 2.05) is 18.2 Å². The highest BCUT2D eigenvalue weighted by molar-refractivity contribution is 6.03. The summed E-state index contributed by atoms with van der Waals surface area (Å²) in [6, 6.07) is 5.77. The van der Waals surface area contributed by atoms with Crippen molar-refractivity contribution in [3.63, 3.8) is 0 Å². The van der Waals surface area contributed by atoms with Crippen molar-refractivity contribution in [2.24, 2.45) is 5.41 Å². The Hall–Kier alpha value is -3.02. The van der Waals surface area contributed by atoms with E-state index in [4.69, 9.17) is 15.0 Å². The van der Waals surface area contributed by atoms with Gasteiger partial charge in [-0.2, -0.15) is 5.26 Å². The molecule has 0 bridgehead atoms. The molecule has 0 aromatic carbocycles. The second-order valence-corrected chi connectivity index (χ2v) is 9.45. The zero-order valence-corrected chi connectivity index (χ0v) is 19.5. The Labute approximate surface area is 189 Å². The van der Waals surface area contributed by atoms with Gasteiger partial charge in [-0.25, -0.2) is 9.97 Å². The molecule has 8 nitrogen and oxygen atoms in total. The number of amides is 1. The lowest BCUT2D eigenvalue weighted by molar-refractivity contribution is 0.101. The lowest BCUT2D eigenvalue weighted by Crippen LogP contribution is -2.39. The normalized spacial score (nSPS) is 15.7. The van der Waals surface area contributed by atoms with E-state index in [0.29, 0.717) is 18.8 Å². The molecule has 0 radical (unpaired) electrons. The van der Waals surface area contributed by atoms with Crippen LogP contribution >= 0.6 is 0 Å². The number of H-pyrrole nitrogens is 1. The maximum absolute atomic E-state index is 12.7. The first-order chi connectivity index (χ1) is 15.1. The number of aromatic amines is 1. The topological polar surface area (TPSA) is 116 Å². The number of rotatable bonds is 8. The smallest absolute Gasteiger partial charge is 0.291 e. The summed E-state index contributed by atoms with van der Waals surface area (Å²) in [5.41, 5.74) is 3.56. The van der Waals surface area contributed by atoms with Crippen molar-refractivity contribution in [3.05, 3.63) is 47.3 Å². The predicted octanol–water partition coefficient (Wildman–Crippen LogP) is 3.99. The standard InChI is InChI=1S/C24H32N6O2/c1-23(2)10-8-16(9-11-23)20-18(29-22(31)21-26-15-17(14-25)28-21)6-7-19(30-20)24(3,4)27-12-13-32-5/h6-8,15,27H,9-13H2,1-5H3,(H,26,28)(H,29,31). The number of nitrogens with zero attached hydrogens (tertiary/aromatic N) is 3. The molecule has 8 heteroatoms. The molecule has 0 unspecified atom stereocenters. The van der Waals surface area contributed by atoms with Crippen LogP contribution in [0.1, 0.15) is 74.7 Å². The first-order valence-corrected chi connectivity index (χ1v) is 10.9. The third-order valence-corrected chi connectivity index (χ3v) is 5.84. The van der Waals surface area contributed by atoms with Crippen LogP contribution < -0.4 is 10.6 Å². The molecule has 2 aromatic heterocycles. The summed E-state index contributed by atoms with van der Waals surface area (Å²) < 4.78 is 5.16. The minimum absolute atomic E-state index is 0.0943. The van der Waals surface area contributed by atoms with Crippen molar-refractivity contribution >= 4 is 17.2 Å². The van der Waals surface area contributed by atoms with Crippen molar-refractivity contribution in [1.82, 2.24) is 20.3 Å². The van der Waals surface area contributed by atoms with Crippen molar-refractivity contribution < 1.29 is 9.53 Å². The third-order valence-electron chi connectivity index (χ3n) is 5.84. The summed E-state index contributed by atoms with van der Waals surface area (Å²) in [4.78, 5) is 24.5. The van der Waals surface area contributed by atoms with Gasteiger partial charge >= 0.3 is 0 Å². The molecular weight excluding hydrogens is 404 g/mol. The number of pyridine rings is 1. The molecule has 2 aromatic rings. The Morgan fingerprint density at radius 3 is 2.78 bits per heavy atom. The van der Waals surface area contributed by atoms with Crippen molar-refractivity contribution in [2.45, 2.75) is 52.5 Å². The van der Waals surface area contributed by atoms with E-state index in [-0.39, 0.29) is 22.5 Å². The second-order valence-electron chi connectivity index (χ2n) is 9.45. The van der Waals surface area contributed by atoms with Crippen LogP contribution in [0.15, 0.2) is 24.4 Å². The SMILES string of the molecule is COCCNC(C)(C)c1ccc(NC(=O)c2ncc(C#N)[nH]2)c(C2=CCC(C)(C)CC2)n1. The molecule has 0 saturated carbocycles. The Bertz CT molecular complexity index is 1040. The molecule has 0 atom stereocenters. The van der Waals surface area contributed by atoms with Gasteiger partial charge in [0.05, 0.1) is 35.4 Å². The predicted molar refractivity (Wildman–Crippen MR) is 124 cm³/mol. The first-order valence-electron chi connectivity index (χ1n) is 10.9. The van der Waals surface area contributed by atoms with E-state index in [9.17, 15) is 4.79 Å². The van der Waals surface area contributed by atoms with E-state index < -0.39 is 5.91 Å². The number of hydrogen-bond donors (Lipinski definition) is 3. The lowest BCUT2D eigenvalue weighted by atomic mass is 9.77. The summed E-state index contributed by atoms with van der Waals surface area (Å²) >= 11 is 0. The Balaban J connectivity index is 1.94. The quantitative estimate of drug-likeness (QED) is 0.539. The molecule has 1 amide bonds. The fourth-order valence-electron chi connectivity index (χ4n) is 3.68. The number of ether oxygens (including phenoxy) is 1. The highest BCUT2D eigenvalue weighted by Crippen LogP contribution is 2.39. The summed E-state index contributed by atoms with van der Waals surface area (Å²) in [5.74, 6) is -0.312. The molecule has 0 fully saturated rings. The molecular formula is C24H32N6O2. The largest absolute Gasteiger partial charge is 0.383 e. The molecule has 1 aliphatic rings. The minimum Gasteiger partial charge on any atom is -0.383 e. The number of carbonyl (C=O) groups excluding carboxylic acids is 1. The molecule has 0 saturated heterocycles. The van der Waals surface area contributed by atoms with Crippen molar-refractivity contribution in [3.8, 4) is 6.07 Å². The highest BCUT2D eigenvalue weighted by Gasteiger charge is 2.27. The Kier molecular flexibility index (Phi) is 7.12. The van der Waals surface area contributed by atoms with Crippen molar-refractivity contribution in [2.75, 3.05) is 25.6 Å². The van der Waals surface area contributed by atoms with Crippen LogP contribution in [0.5, 0.6) is 0 Å². The molecule has 0 aliphatic heterocycles. The number of imidazole rings is 1. The molecule has 3 N–H and O–H groups in total. The number of methoxy groups -OCH3 is 1. The maximum atomic E-state index is 12.7. The van der Waals surface area contributed by atoms with Gasteiger partial charge in [0.2, 0.25) is 0 Å². The van der Waals surface area contributed by atoms with Crippen LogP contribution in [-0.2, 0) is 10.3 Å². The number of nitriles is 1. The highest BCUT2D eigenvalue weighted by atomic mass is 16.5. The van der Waals surface area contributed by atoms with Crippen LogP contribution in [0, 0.1) is 16.7 Å². The molecule has 1 aliphatic carbocycles. The van der Waals surface area contributed by atoms with E-state index >= 15 is 0 Å². The summed E-state index contributed by atoms with van der Waals surface area (Å²) in [6.07, 6.45) is 6.48. The van der Waals surface area contributed by atoms with Gasteiger partial charge in [-0.05, 0) is 56.2 Å². The third kappa shape index (κ3) is 5.61. The first kappa shape index (κ1) is 23.6. The van der Waals surface area contributed by atoms with Crippen LogP contribution in [-0.4, -0.2) is 41.1 Å². The van der Waals surface area contributed by atoms with Gasteiger partial charge in [-0.1, -0.05) is 19.9 Å². The number of anilines is 1. The van der Waals surface area contributed by atoms with Crippen LogP contribution in [0.4, 0.5) is 5.69 Å². The van der Waals surface area contributed by atoms with E-state index in [1.165, 1.54) is 6.20 Å². The van der Waals surface area contributed by atoms with Gasteiger partial charge in [0, 0.05) is 13.7 Å². The van der Waals surface area contributed by atoms with E-state index in [0.717, 1.165) is 36.2 Å². The Morgan fingerprint density at radius 2 is 2.16 bits per heavy atom. The van der Waals surface area contributed by atoms with Gasteiger partial charge < -0.3 is 20.4 Å². The van der Waals surface area contributed by atoms with Crippen molar-refractivity contribution in [1.29, 1.82) is 5.26 Å². The zero-order valence-electron chi connectivity index (χ0n) is 19.5. The van der Waals surface area contributed by atoms with Crippen LogP contribution in [0.3, 0.4) is 0 Å². The fourth-order valence-corrected chi connectivity index (χ4v) is 3.68. The summed E-state index contributed by atoms with van der Waals surface area (Å²) in [7, 11) is 1.68. The Morgan fingerprint density at radius 1 is 1.38 bits per heavy atom. The minimum atomic E-state index is -0.406. The van der Waals surface area contributed by atoms with Gasteiger partial charge in [0.25, 0.3) is 5.91 Å². The monoisotopic (exact) mass is 436 g/mol. The molecule has 0 spiro atoms. The van der Waals surface area contributed by atoms with E-state index in [2.05, 4.69) is 54.4 Å². The summed E-state index contributed by atoms with van der Waals surface area (Å²) in [5, 5.41) is 15.4. The lowest BCUT2D eigenvalue weighted by Gasteiger charge is -2.30. The molecule has 170 valence electrons. The van der Waals surface area contributed by atoms with Gasteiger partial charge in [0.15, 0.2) is 5.82 Å². The van der Waals surface area contributed by atoms with Gasteiger partial charge in [-0.3, -0.25) is 4.79 Å². The molecule has 3 rings (SSSR count). The molecule has 2 heterocycles. The number of nitrogens with one attached hydrogen (secondary N) is 3. The second kappa shape index (κ2) is 9.63. The average molecular weight is 437 g/mol. The maximum Gasteiger partial charge on any atom is 0.291 e.